The first-order valence-corrected chi connectivity index (χ1v) is 5.29. The minimum Gasteiger partial charge on any atom is -0.469 e. The van der Waals surface area contributed by atoms with Gasteiger partial charge in [-0.3, -0.25) is 4.79 Å². The molecular weight excluding hydrogens is 258 g/mol. The second kappa shape index (κ2) is 6.66. The van der Waals surface area contributed by atoms with Crippen LogP contribution in [0.4, 0.5) is 8.78 Å². The van der Waals surface area contributed by atoms with Crippen LogP contribution in [-0.2, 0) is 22.5 Å². The molecule has 2 N–H and O–H groups in total. The molecule has 0 bridgehead atoms. The minimum atomic E-state index is -3.04. The first-order valence-electron chi connectivity index (χ1n) is 5.29. The number of carbonyl (C=O) groups excluding carboxylic acids is 1. The number of carbonyl (C=O) groups is 1. The van der Waals surface area contributed by atoms with Gasteiger partial charge in [-0.1, -0.05) is 0 Å². The topological polar surface area (TPSA) is 85.3 Å². The number of ether oxygens (including phenoxy) is 2. The molecule has 5 nitrogen and oxygen atoms in total. The molecule has 0 saturated carbocycles. The molecule has 19 heavy (non-hydrogen) atoms. The van der Waals surface area contributed by atoms with Crippen molar-refractivity contribution in [3.63, 3.8) is 0 Å². The number of nitrogens with two attached hydrogens (primary N) is 1. The lowest BCUT2D eigenvalue weighted by atomic mass is 10.0. The van der Waals surface area contributed by atoms with Crippen molar-refractivity contribution >= 4 is 5.97 Å². The summed E-state index contributed by atoms with van der Waals surface area (Å²) in [4.78, 5) is 11.2. The first kappa shape index (κ1) is 14.9. The summed E-state index contributed by atoms with van der Waals surface area (Å²) in [7, 11) is 1.23. The standard InChI is InChI=1S/C12H12F2N2O3/c1-18-11(17)4-7-2-9(6-16)10(19-12(13)14)3-8(7)5-15/h2-3,12H,4-5,15H2,1H3. The number of benzene rings is 1. The zero-order valence-electron chi connectivity index (χ0n) is 10.2. The monoisotopic (exact) mass is 270 g/mol. The highest BCUT2D eigenvalue weighted by Gasteiger charge is 2.15. The third-order valence-corrected chi connectivity index (χ3v) is 2.42. The summed E-state index contributed by atoms with van der Waals surface area (Å²) in [6.45, 7) is -3.01. The smallest absolute Gasteiger partial charge is 0.387 e. The van der Waals surface area contributed by atoms with Crippen molar-refractivity contribution in [1.29, 1.82) is 5.26 Å². The van der Waals surface area contributed by atoms with E-state index in [9.17, 15) is 13.6 Å². The zero-order valence-corrected chi connectivity index (χ0v) is 10.2. The summed E-state index contributed by atoms with van der Waals surface area (Å²) >= 11 is 0. The Morgan fingerprint density at radius 3 is 2.63 bits per heavy atom. The molecule has 0 saturated heterocycles. The molecule has 1 rings (SSSR count). The van der Waals surface area contributed by atoms with Gasteiger partial charge in [0.1, 0.15) is 11.8 Å². The second-order valence-electron chi connectivity index (χ2n) is 3.56. The highest BCUT2D eigenvalue weighted by Crippen LogP contribution is 2.25. The molecular formula is C12H12F2N2O3. The van der Waals surface area contributed by atoms with Crippen LogP contribution in [0.25, 0.3) is 0 Å². The summed E-state index contributed by atoms with van der Waals surface area (Å²) < 4.78 is 33.1. The SMILES string of the molecule is COC(=O)Cc1cc(C#N)c(OC(F)F)cc1CN. The van der Waals surface area contributed by atoms with Crippen molar-refractivity contribution in [2.75, 3.05) is 7.11 Å². The predicted octanol–water partition coefficient (Wildman–Crippen LogP) is 1.33. The highest BCUT2D eigenvalue weighted by atomic mass is 19.3. The number of nitriles is 1. The normalized spacial score (nSPS) is 10.1. The molecule has 0 heterocycles. The van der Waals surface area contributed by atoms with Crippen LogP contribution >= 0.6 is 0 Å². The number of hydrogen-bond donors (Lipinski definition) is 1. The fourth-order valence-electron chi connectivity index (χ4n) is 1.53. The maximum absolute atomic E-state index is 12.2. The van der Waals surface area contributed by atoms with E-state index in [1.165, 1.54) is 19.2 Å². The number of nitrogens with zero attached hydrogens (tertiary/aromatic N) is 1. The molecule has 0 aliphatic rings. The zero-order chi connectivity index (χ0) is 14.4. The van der Waals surface area contributed by atoms with Crippen molar-refractivity contribution < 1.29 is 23.0 Å². The number of rotatable bonds is 5. The molecule has 1 aromatic rings. The van der Waals surface area contributed by atoms with E-state index in [0.29, 0.717) is 11.1 Å². The largest absolute Gasteiger partial charge is 0.469 e. The van der Waals surface area contributed by atoms with Gasteiger partial charge in [-0.25, -0.2) is 0 Å². The molecule has 1 aromatic carbocycles. The quantitative estimate of drug-likeness (QED) is 0.816. The van der Waals surface area contributed by atoms with Crippen LogP contribution < -0.4 is 10.5 Å². The van der Waals surface area contributed by atoms with Crippen molar-refractivity contribution in [1.82, 2.24) is 0 Å². The molecule has 0 atom stereocenters. The minimum absolute atomic E-state index is 0.0254. The Labute approximate surface area is 108 Å². The van der Waals surface area contributed by atoms with Gasteiger partial charge in [0.15, 0.2) is 0 Å². The first-order chi connectivity index (χ1) is 9.01. The Hall–Kier alpha value is -2.20. The van der Waals surface area contributed by atoms with Crippen LogP contribution in [0.15, 0.2) is 12.1 Å². The number of halogens is 2. The molecule has 0 aliphatic heterocycles. The number of methoxy groups -OCH3 is 1. The van der Waals surface area contributed by atoms with Gasteiger partial charge in [-0.05, 0) is 23.3 Å². The van der Waals surface area contributed by atoms with E-state index < -0.39 is 12.6 Å². The van der Waals surface area contributed by atoms with E-state index >= 15 is 0 Å². The summed E-state index contributed by atoms with van der Waals surface area (Å²) in [5.74, 6) is -0.771. The second-order valence-corrected chi connectivity index (χ2v) is 3.56. The molecule has 0 unspecified atom stereocenters. The van der Waals surface area contributed by atoms with E-state index in [0.717, 1.165) is 0 Å². The maximum Gasteiger partial charge on any atom is 0.387 e. The van der Waals surface area contributed by atoms with Crippen LogP contribution in [0, 0.1) is 11.3 Å². The highest BCUT2D eigenvalue weighted by molar-refractivity contribution is 5.73. The van der Waals surface area contributed by atoms with Gasteiger partial charge in [0.05, 0.1) is 19.1 Å². The molecule has 0 spiro atoms. The van der Waals surface area contributed by atoms with Crippen molar-refractivity contribution in [3.8, 4) is 11.8 Å². The van der Waals surface area contributed by atoms with Crippen molar-refractivity contribution in [2.24, 2.45) is 5.73 Å². The van der Waals surface area contributed by atoms with Gasteiger partial charge in [0, 0.05) is 6.54 Å². The van der Waals surface area contributed by atoms with Gasteiger partial charge in [-0.2, -0.15) is 14.0 Å². The molecule has 0 aromatic heterocycles. The van der Waals surface area contributed by atoms with Gasteiger partial charge in [0.25, 0.3) is 0 Å². The van der Waals surface area contributed by atoms with E-state index in [1.807, 2.05) is 0 Å². The van der Waals surface area contributed by atoms with Crippen molar-refractivity contribution in [2.45, 2.75) is 19.6 Å². The fraction of sp³-hybridized carbons (Fsp3) is 0.333. The fourth-order valence-corrected chi connectivity index (χ4v) is 1.53. The molecule has 7 heteroatoms. The van der Waals surface area contributed by atoms with Gasteiger partial charge >= 0.3 is 12.6 Å². The molecule has 0 amide bonds. The molecule has 0 radical (unpaired) electrons. The third-order valence-electron chi connectivity index (χ3n) is 2.42. The van der Waals surface area contributed by atoms with Crippen LogP contribution in [-0.4, -0.2) is 19.7 Å². The van der Waals surface area contributed by atoms with Gasteiger partial charge in [0.2, 0.25) is 0 Å². The average Bonchev–Trinajstić information content (AvgIpc) is 2.38. The summed E-state index contributed by atoms with van der Waals surface area (Å²) in [5, 5.41) is 8.89. The van der Waals surface area contributed by atoms with E-state index in [1.54, 1.807) is 6.07 Å². The van der Waals surface area contributed by atoms with Gasteiger partial charge in [-0.15, -0.1) is 0 Å². The molecule has 102 valence electrons. The molecule has 0 aliphatic carbocycles. The Bertz CT molecular complexity index is 512. The Balaban J connectivity index is 3.19. The maximum atomic E-state index is 12.2. The average molecular weight is 270 g/mol. The van der Waals surface area contributed by atoms with Crippen LogP contribution in [0.1, 0.15) is 16.7 Å². The Morgan fingerprint density at radius 1 is 1.47 bits per heavy atom. The number of hydrogen-bond acceptors (Lipinski definition) is 5. The summed E-state index contributed by atoms with van der Waals surface area (Å²) in [6.07, 6.45) is -0.0906. The van der Waals surface area contributed by atoms with E-state index in [2.05, 4.69) is 9.47 Å². The lowest BCUT2D eigenvalue weighted by Gasteiger charge is -2.12. The van der Waals surface area contributed by atoms with E-state index in [4.69, 9.17) is 11.0 Å². The molecule has 0 fully saturated rings. The number of alkyl halides is 2. The summed E-state index contributed by atoms with van der Waals surface area (Å²) in [5.41, 5.74) is 6.29. The Morgan fingerprint density at radius 2 is 2.16 bits per heavy atom. The third kappa shape index (κ3) is 3.89. The van der Waals surface area contributed by atoms with E-state index in [-0.39, 0.29) is 24.3 Å². The van der Waals surface area contributed by atoms with Crippen LogP contribution in [0.2, 0.25) is 0 Å². The van der Waals surface area contributed by atoms with Crippen LogP contribution in [0.3, 0.4) is 0 Å². The number of esters is 1. The lowest BCUT2D eigenvalue weighted by molar-refractivity contribution is -0.139. The van der Waals surface area contributed by atoms with Crippen LogP contribution in [0.5, 0.6) is 5.75 Å². The lowest BCUT2D eigenvalue weighted by Crippen LogP contribution is -2.11. The van der Waals surface area contributed by atoms with Gasteiger partial charge < -0.3 is 15.2 Å². The van der Waals surface area contributed by atoms with Crippen molar-refractivity contribution in [3.05, 3.63) is 28.8 Å². The Kier molecular flexibility index (Phi) is 5.21. The predicted molar refractivity (Wildman–Crippen MR) is 61.4 cm³/mol. The summed E-state index contributed by atoms with van der Waals surface area (Å²) in [6, 6.07) is 4.27.